The molecule has 0 aliphatic carbocycles. The van der Waals surface area contributed by atoms with Gasteiger partial charge in [0.15, 0.2) is 15.7 Å². The molecule has 0 saturated heterocycles. The fourth-order valence-electron chi connectivity index (χ4n) is 3.59. The van der Waals surface area contributed by atoms with Crippen LogP contribution < -0.4 is 14.8 Å². The topological polar surface area (TPSA) is 135 Å². The maximum absolute atomic E-state index is 13.1. The molecule has 40 heavy (non-hydrogen) atoms. The third-order valence-electron chi connectivity index (χ3n) is 5.37. The average Bonchev–Trinajstić information content (AvgIpc) is 3.29. The zero-order chi connectivity index (χ0) is 29.5. The number of benzene rings is 2. The lowest BCUT2D eigenvalue weighted by Crippen LogP contribution is -2.14. The Morgan fingerprint density at radius 2 is 1.57 bits per heavy atom. The van der Waals surface area contributed by atoms with E-state index >= 15 is 0 Å². The summed E-state index contributed by atoms with van der Waals surface area (Å²) in [5.41, 5.74) is 0.246. The van der Waals surface area contributed by atoms with Crippen molar-refractivity contribution in [2.45, 2.75) is 64.1 Å². The molecule has 1 aromatic heterocycles. The Hall–Kier alpha value is -3.18. The highest BCUT2D eigenvalue weighted by atomic mass is 32.2. The normalized spacial score (nSPS) is 12.1. The van der Waals surface area contributed by atoms with Crippen LogP contribution in [-0.4, -0.2) is 48.7 Å². The second kappa shape index (κ2) is 13.5. The van der Waals surface area contributed by atoms with Gasteiger partial charge >= 0.3 is 7.60 Å². The number of hydrogen-bond donors (Lipinski definition) is 1. The fourth-order valence-corrected chi connectivity index (χ4v) is 6.19. The predicted octanol–water partition coefficient (Wildman–Crippen LogP) is 6.12. The van der Waals surface area contributed by atoms with E-state index in [2.05, 4.69) is 10.4 Å². The number of rotatable bonds is 14. The number of nitrogens with one attached hydrogen (secondary N) is 1. The van der Waals surface area contributed by atoms with Crippen LogP contribution in [0.5, 0.6) is 17.2 Å². The summed E-state index contributed by atoms with van der Waals surface area (Å²) in [5, 5.41) is 6.44. The van der Waals surface area contributed by atoms with Gasteiger partial charge in [0.25, 0.3) is 5.91 Å². The summed E-state index contributed by atoms with van der Waals surface area (Å²) in [5.74, 6) is 0.895. The lowest BCUT2D eigenvalue weighted by atomic mass is 10.2. The van der Waals surface area contributed by atoms with E-state index in [9.17, 15) is 17.8 Å². The molecule has 0 bridgehead atoms. The van der Waals surface area contributed by atoms with Gasteiger partial charge < -0.3 is 23.8 Å². The van der Waals surface area contributed by atoms with E-state index in [1.54, 1.807) is 64.2 Å². The zero-order valence-electron chi connectivity index (χ0n) is 23.5. The summed E-state index contributed by atoms with van der Waals surface area (Å²) < 4.78 is 61.4. The molecule has 0 fully saturated rings. The Bertz CT molecular complexity index is 1440. The zero-order valence-corrected chi connectivity index (χ0v) is 25.2. The van der Waals surface area contributed by atoms with Crippen LogP contribution in [-0.2, 0) is 29.7 Å². The molecule has 0 radical (unpaired) electrons. The Kier molecular flexibility index (Phi) is 10.5. The van der Waals surface area contributed by atoms with E-state index in [1.165, 1.54) is 22.9 Å². The van der Waals surface area contributed by atoms with Crippen LogP contribution in [0.3, 0.4) is 0 Å². The third-order valence-corrected chi connectivity index (χ3v) is 9.48. The molecule has 3 aromatic rings. The van der Waals surface area contributed by atoms with E-state index in [0.29, 0.717) is 17.2 Å². The minimum Gasteiger partial charge on any atom is -0.491 e. The van der Waals surface area contributed by atoms with Gasteiger partial charge in [0, 0.05) is 23.9 Å². The van der Waals surface area contributed by atoms with E-state index in [0.717, 1.165) is 0 Å². The molecule has 11 nitrogen and oxygen atoms in total. The number of carbonyl (C=O) groups is 1. The van der Waals surface area contributed by atoms with Crippen LogP contribution in [0.1, 0.15) is 51.9 Å². The number of hydrogen-bond acceptors (Lipinski definition) is 9. The van der Waals surface area contributed by atoms with Crippen molar-refractivity contribution in [2.24, 2.45) is 0 Å². The lowest BCUT2D eigenvalue weighted by molar-refractivity contribution is 0.102. The number of carbonyl (C=O) groups excluding carboxylic acids is 1. The van der Waals surface area contributed by atoms with Crippen molar-refractivity contribution in [3.05, 3.63) is 60.3 Å². The summed E-state index contributed by atoms with van der Waals surface area (Å²) in [6, 6.07) is 12.4. The Balaban J connectivity index is 1.80. The SMILES string of the molecule is CCOP(=O)(Cn1ccc(NC(=O)c2cc(Oc3ccc(S(=O)(=O)C(C)C)cc3)cc(OC(C)C)c2)n1)OCC. The molecule has 1 N–H and O–H groups in total. The van der Waals surface area contributed by atoms with Gasteiger partial charge in [0.1, 0.15) is 23.5 Å². The number of amides is 1. The highest BCUT2D eigenvalue weighted by molar-refractivity contribution is 7.92. The largest absolute Gasteiger partial charge is 0.491 e. The molecule has 0 atom stereocenters. The molecule has 0 aliphatic heterocycles. The Morgan fingerprint density at radius 3 is 2.15 bits per heavy atom. The summed E-state index contributed by atoms with van der Waals surface area (Å²) in [4.78, 5) is 13.3. The first-order valence-electron chi connectivity index (χ1n) is 12.9. The maximum Gasteiger partial charge on any atom is 0.351 e. The Labute approximate surface area is 235 Å². The van der Waals surface area contributed by atoms with Crippen LogP contribution in [0.15, 0.2) is 59.6 Å². The predicted molar refractivity (Wildman–Crippen MR) is 152 cm³/mol. The van der Waals surface area contributed by atoms with Gasteiger partial charge in [0.05, 0.1) is 29.5 Å². The maximum atomic E-state index is 13.1. The highest BCUT2D eigenvalue weighted by Gasteiger charge is 2.25. The smallest absolute Gasteiger partial charge is 0.351 e. The first-order valence-corrected chi connectivity index (χ1v) is 16.2. The molecular formula is C27H36N3O8PS. The highest BCUT2D eigenvalue weighted by Crippen LogP contribution is 2.49. The summed E-state index contributed by atoms with van der Waals surface area (Å²) in [7, 11) is -6.79. The van der Waals surface area contributed by atoms with Gasteiger partial charge in [-0.05, 0) is 77.9 Å². The Morgan fingerprint density at radius 1 is 0.950 bits per heavy atom. The van der Waals surface area contributed by atoms with Crippen LogP contribution in [0.2, 0.25) is 0 Å². The summed E-state index contributed by atoms with van der Waals surface area (Å²) in [6.07, 6.45) is 1.31. The van der Waals surface area contributed by atoms with Crippen LogP contribution in [0.4, 0.5) is 5.82 Å². The van der Waals surface area contributed by atoms with Gasteiger partial charge in [-0.15, -0.1) is 0 Å². The van der Waals surface area contributed by atoms with Crippen molar-refractivity contribution in [2.75, 3.05) is 18.5 Å². The molecule has 1 heterocycles. The van der Waals surface area contributed by atoms with Gasteiger partial charge in [-0.2, -0.15) is 5.10 Å². The van der Waals surface area contributed by atoms with Gasteiger partial charge in [-0.1, -0.05) is 0 Å². The monoisotopic (exact) mass is 593 g/mol. The van der Waals surface area contributed by atoms with Crippen molar-refractivity contribution < 1.29 is 36.3 Å². The summed E-state index contributed by atoms with van der Waals surface area (Å²) >= 11 is 0. The first-order chi connectivity index (χ1) is 18.8. The molecule has 0 unspecified atom stereocenters. The van der Waals surface area contributed by atoms with E-state index < -0.39 is 28.6 Å². The van der Waals surface area contributed by atoms with Crippen LogP contribution >= 0.6 is 7.60 Å². The van der Waals surface area contributed by atoms with Crippen molar-refractivity contribution in [1.29, 1.82) is 0 Å². The van der Waals surface area contributed by atoms with Gasteiger partial charge in [0.2, 0.25) is 0 Å². The first kappa shape index (κ1) is 31.3. The second-order valence-corrected chi connectivity index (χ2v) is 13.8. The number of anilines is 1. The fraction of sp³-hybridized carbons (Fsp3) is 0.407. The minimum atomic E-state index is -3.41. The molecule has 0 aliphatic rings. The van der Waals surface area contributed by atoms with Gasteiger partial charge in [-0.25, -0.2) is 8.42 Å². The molecule has 3 rings (SSSR count). The van der Waals surface area contributed by atoms with Crippen molar-refractivity contribution in [3.8, 4) is 17.2 Å². The molecule has 218 valence electrons. The van der Waals surface area contributed by atoms with Crippen LogP contribution in [0.25, 0.3) is 0 Å². The number of aromatic nitrogens is 2. The molecular weight excluding hydrogens is 557 g/mol. The quantitative estimate of drug-likeness (QED) is 0.219. The van der Waals surface area contributed by atoms with Crippen molar-refractivity contribution >= 4 is 29.2 Å². The van der Waals surface area contributed by atoms with E-state index in [-0.39, 0.29) is 41.9 Å². The number of sulfone groups is 1. The molecule has 2 aromatic carbocycles. The molecule has 0 saturated carbocycles. The van der Waals surface area contributed by atoms with E-state index in [1.807, 2.05) is 13.8 Å². The van der Waals surface area contributed by atoms with Crippen molar-refractivity contribution in [3.63, 3.8) is 0 Å². The summed E-state index contributed by atoms with van der Waals surface area (Å²) in [6.45, 7) is 10.9. The standard InChI is InChI=1S/C27H36N3O8PS/c1-7-35-39(32,36-8-2)18-30-14-13-26(29-30)28-27(31)21-15-23(37-19(3)4)17-24(16-21)38-22-9-11-25(12-10-22)40(33,34)20(5)6/h9-17,19-20H,7-8,18H2,1-6H3,(H,28,29,31). The molecule has 1 amide bonds. The number of nitrogens with zero attached hydrogens (tertiary/aromatic N) is 2. The van der Waals surface area contributed by atoms with Crippen LogP contribution in [0, 0.1) is 0 Å². The third kappa shape index (κ3) is 8.41. The lowest BCUT2D eigenvalue weighted by Gasteiger charge is -2.16. The second-order valence-electron chi connectivity index (χ2n) is 9.31. The number of ether oxygens (including phenoxy) is 2. The van der Waals surface area contributed by atoms with E-state index in [4.69, 9.17) is 18.5 Å². The molecule has 13 heteroatoms. The minimum absolute atomic E-state index is 0.0997. The van der Waals surface area contributed by atoms with Gasteiger partial charge in [-0.3, -0.25) is 14.0 Å². The molecule has 0 spiro atoms. The average molecular weight is 594 g/mol. The van der Waals surface area contributed by atoms with Crippen molar-refractivity contribution in [1.82, 2.24) is 9.78 Å².